The minimum Gasteiger partial charge on any atom is -0.480 e. The van der Waals surface area contributed by atoms with Gasteiger partial charge in [0.15, 0.2) is 5.82 Å². The number of nitrogens with zero attached hydrogens (tertiary/aromatic N) is 4. The average Bonchev–Trinajstić information content (AvgIpc) is 3.34. The Hall–Kier alpha value is -3.17. The molecule has 1 saturated carbocycles. The lowest BCUT2D eigenvalue weighted by atomic mass is 9.90. The first kappa shape index (κ1) is 20.1. The van der Waals surface area contributed by atoms with E-state index < -0.39 is 6.09 Å². The van der Waals surface area contributed by atoms with Gasteiger partial charge in [-0.05, 0) is 38.0 Å². The molecule has 4 rings (SSSR count). The van der Waals surface area contributed by atoms with Gasteiger partial charge in [0, 0.05) is 30.3 Å². The molecule has 2 aliphatic rings. The number of hydrogen-bond acceptors (Lipinski definition) is 6. The summed E-state index contributed by atoms with van der Waals surface area (Å²) in [5, 5.41) is 19.2. The number of aromatic amines is 1. The summed E-state index contributed by atoms with van der Waals surface area (Å²) in [5.41, 5.74) is 1.56. The summed E-state index contributed by atoms with van der Waals surface area (Å²) in [5.74, 6) is 1.57. The number of anilines is 1. The van der Waals surface area contributed by atoms with E-state index >= 15 is 0 Å². The molecule has 160 valence electrons. The Morgan fingerprint density at radius 2 is 2.17 bits per heavy atom. The monoisotopic (exact) mass is 414 g/mol. The van der Waals surface area contributed by atoms with Crippen LogP contribution in [0.5, 0.6) is 5.88 Å². The minimum absolute atomic E-state index is 0.103. The molecule has 0 aromatic carbocycles. The summed E-state index contributed by atoms with van der Waals surface area (Å²) < 4.78 is 4.96. The topological polar surface area (TPSA) is 133 Å². The zero-order valence-electron chi connectivity index (χ0n) is 16.9. The van der Waals surface area contributed by atoms with Crippen molar-refractivity contribution in [3.05, 3.63) is 29.8 Å². The van der Waals surface area contributed by atoms with Crippen molar-refractivity contribution >= 4 is 17.8 Å². The quantitative estimate of drug-likeness (QED) is 0.633. The normalized spacial score (nSPS) is 23.1. The van der Waals surface area contributed by atoms with Gasteiger partial charge in [-0.25, -0.2) is 9.78 Å². The number of likely N-dealkylation sites (tertiary alicyclic amines) is 1. The highest BCUT2D eigenvalue weighted by Gasteiger charge is 2.36. The Kier molecular flexibility index (Phi) is 5.82. The SMILES string of the molecule is COc1cnc(CC(=O)Nc2cc(C3CCC(C[C@H]4CCN4C(=O)O)C3)[nH]n2)cn1. The van der Waals surface area contributed by atoms with Crippen molar-refractivity contribution in [1.29, 1.82) is 0 Å². The van der Waals surface area contributed by atoms with E-state index in [9.17, 15) is 9.59 Å². The van der Waals surface area contributed by atoms with Gasteiger partial charge in [-0.15, -0.1) is 0 Å². The lowest BCUT2D eigenvalue weighted by Gasteiger charge is -2.40. The molecule has 3 N–H and O–H groups in total. The highest BCUT2D eigenvalue weighted by molar-refractivity contribution is 5.91. The van der Waals surface area contributed by atoms with Crippen molar-refractivity contribution in [2.24, 2.45) is 5.92 Å². The Balaban J connectivity index is 1.26. The first-order chi connectivity index (χ1) is 14.5. The lowest BCUT2D eigenvalue weighted by Crippen LogP contribution is -2.51. The van der Waals surface area contributed by atoms with Gasteiger partial charge in [-0.1, -0.05) is 0 Å². The van der Waals surface area contributed by atoms with Crippen LogP contribution in [0.2, 0.25) is 0 Å². The van der Waals surface area contributed by atoms with E-state index in [-0.39, 0.29) is 18.4 Å². The number of H-pyrrole nitrogens is 1. The molecule has 0 radical (unpaired) electrons. The van der Waals surface area contributed by atoms with E-state index in [1.54, 1.807) is 4.90 Å². The molecule has 3 atom stereocenters. The largest absolute Gasteiger partial charge is 0.480 e. The Morgan fingerprint density at radius 1 is 1.30 bits per heavy atom. The fourth-order valence-corrected chi connectivity index (χ4v) is 4.39. The predicted octanol–water partition coefficient (Wildman–Crippen LogP) is 2.42. The van der Waals surface area contributed by atoms with Gasteiger partial charge < -0.3 is 20.1 Å². The van der Waals surface area contributed by atoms with Gasteiger partial charge in [-0.3, -0.25) is 14.9 Å². The zero-order valence-corrected chi connectivity index (χ0v) is 16.9. The summed E-state index contributed by atoms with van der Waals surface area (Å²) in [4.78, 5) is 33.1. The molecule has 1 aliphatic heterocycles. The van der Waals surface area contributed by atoms with Gasteiger partial charge in [0.25, 0.3) is 0 Å². The molecule has 30 heavy (non-hydrogen) atoms. The van der Waals surface area contributed by atoms with E-state index in [1.165, 1.54) is 19.5 Å². The molecular weight excluding hydrogens is 388 g/mol. The third-order valence-corrected chi connectivity index (χ3v) is 6.07. The highest BCUT2D eigenvalue weighted by atomic mass is 16.5. The van der Waals surface area contributed by atoms with Gasteiger partial charge in [-0.2, -0.15) is 5.10 Å². The van der Waals surface area contributed by atoms with E-state index in [4.69, 9.17) is 9.84 Å². The molecule has 1 aliphatic carbocycles. The molecule has 2 fully saturated rings. The summed E-state index contributed by atoms with van der Waals surface area (Å²) in [6.45, 7) is 0.655. The van der Waals surface area contributed by atoms with Gasteiger partial charge in [0.2, 0.25) is 11.8 Å². The number of methoxy groups -OCH3 is 1. The number of carbonyl (C=O) groups excluding carboxylic acids is 1. The molecule has 10 heteroatoms. The molecule has 0 bridgehead atoms. The standard InChI is InChI=1S/C20H26N6O4/c1-30-19-11-21-14(10-22-19)8-18(27)23-17-9-16(24-25-17)13-3-2-12(6-13)7-15-4-5-26(15)20(28)29/h9-13,15H,2-8H2,1H3,(H,28,29)(H2,23,24,25,27)/t12?,13?,15-/m1/s1. The van der Waals surface area contributed by atoms with Crippen LogP contribution in [0, 0.1) is 5.92 Å². The number of ether oxygens (including phenoxy) is 1. The molecule has 3 heterocycles. The fourth-order valence-electron chi connectivity index (χ4n) is 4.39. The Bertz CT molecular complexity index is 899. The second-order valence-corrected chi connectivity index (χ2v) is 8.01. The second kappa shape index (κ2) is 8.68. The lowest BCUT2D eigenvalue weighted by molar-refractivity contribution is -0.115. The number of carboxylic acid groups (broad SMARTS) is 1. The molecule has 2 aromatic rings. The van der Waals surface area contributed by atoms with E-state index in [0.29, 0.717) is 35.8 Å². The van der Waals surface area contributed by atoms with Crippen molar-refractivity contribution in [2.45, 2.75) is 50.5 Å². The third kappa shape index (κ3) is 4.52. The van der Waals surface area contributed by atoms with E-state index in [0.717, 1.165) is 37.8 Å². The first-order valence-electron chi connectivity index (χ1n) is 10.2. The number of nitrogens with one attached hydrogen (secondary N) is 2. The van der Waals surface area contributed by atoms with Crippen LogP contribution in [0.4, 0.5) is 10.6 Å². The number of aromatic nitrogens is 4. The number of hydrogen-bond donors (Lipinski definition) is 3. The van der Waals surface area contributed by atoms with Crippen molar-refractivity contribution < 1.29 is 19.4 Å². The second-order valence-electron chi connectivity index (χ2n) is 8.01. The van der Waals surface area contributed by atoms with Gasteiger partial charge >= 0.3 is 6.09 Å². The van der Waals surface area contributed by atoms with Crippen molar-refractivity contribution in [1.82, 2.24) is 25.1 Å². The van der Waals surface area contributed by atoms with Crippen molar-refractivity contribution in [3.63, 3.8) is 0 Å². The third-order valence-electron chi connectivity index (χ3n) is 6.07. The summed E-state index contributed by atoms with van der Waals surface area (Å²) >= 11 is 0. The first-order valence-corrected chi connectivity index (χ1v) is 10.2. The van der Waals surface area contributed by atoms with E-state index in [2.05, 4.69) is 25.5 Å². The predicted molar refractivity (Wildman–Crippen MR) is 107 cm³/mol. The van der Waals surface area contributed by atoms with Crippen molar-refractivity contribution in [3.8, 4) is 5.88 Å². The maximum absolute atomic E-state index is 12.2. The van der Waals surface area contributed by atoms with Crippen LogP contribution < -0.4 is 10.1 Å². The van der Waals surface area contributed by atoms with Crippen LogP contribution in [0.15, 0.2) is 18.5 Å². The van der Waals surface area contributed by atoms with Crippen LogP contribution in [-0.2, 0) is 11.2 Å². The van der Waals surface area contributed by atoms with E-state index in [1.807, 2.05) is 6.07 Å². The van der Waals surface area contributed by atoms with Crippen LogP contribution in [0.25, 0.3) is 0 Å². The highest BCUT2D eigenvalue weighted by Crippen LogP contribution is 2.41. The zero-order chi connectivity index (χ0) is 21.1. The molecule has 2 amide bonds. The minimum atomic E-state index is -0.810. The van der Waals surface area contributed by atoms with Crippen LogP contribution in [0.1, 0.15) is 49.4 Å². The van der Waals surface area contributed by atoms with Crippen molar-refractivity contribution in [2.75, 3.05) is 19.0 Å². The average molecular weight is 414 g/mol. The van der Waals surface area contributed by atoms with Gasteiger partial charge in [0.1, 0.15) is 0 Å². The summed E-state index contributed by atoms with van der Waals surface area (Å²) in [7, 11) is 1.51. The van der Waals surface area contributed by atoms with Crippen LogP contribution in [0.3, 0.4) is 0 Å². The Morgan fingerprint density at radius 3 is 2.83 bits per heavy atom. The number of rotatable bonds is 7. The van der Waals surface area contributed by atoms with Gasteiger partial charge in [0.05, 0.1) is 31.6 Å². The summed E-state index contributed by atoms with van der Waals surface area (Å²) in [6.07, 6.45) is 7.33. The molecule has 1 saturated heterocycles. The van der Waals surface area contributed by atoms with Crippen LogP contribution in [-0.4, -0.2) is 61.9 Å². The maximum atomic E-state index is 12.2. The smallest absolute Gasteiger partial charge is 0.407 e. The number of amides is 2. The molecule has 2 aromatic heterocycles. The molecule has 2 unspecified atom stereocenters. The van der Waals surface area contributed by atoms with Crippen LogP contribution >= 0.6 is 0 Å². The molecule has 10 nitrogen and oxygen atoms in total. The summed E-state index contributed by atoms with van der Waals surface area (Å²) in [6, 6.07) is 2.06. The fraction of sp³-hybridized carbons (Fsp3) is 0.550. The number of carbonyl (C=O) groups is 2. The molecule has 0 spiro atoms. The maximum Gasteiger partial charge on any atom is 0.407 e. The molecular formula is C20H26N6O4. The Labute approximate surface area is 174 Å².